The van der Waals surface area contributed by atoms with E-state index in [9.17, 15) is 15.3 Å². The minimum absolute atomic E-state index is 0.314. The molecule has 0 saturated heterocycles. The Morgan fingerprint density at radius 3 is 1.70 bits per heavy atom. The minimum atomic E-state index is -0.314. The van der Waals surface area contributed by atoms with Gasteiger partial charge in [0.1, 0.15) is 0 Å². The molecule has 3 aromatic carbocycles. The van der Waals surface area contributed by atoms with Crippen LogP contribution in [-0.2, 0) is 0 Å². The maximum Gasteiger partial charge on any atom is 0.262 e. The molecule has 0 radical (unpaired) electrons. The first kappa shape index (κ1) is 18.6. The predicted molar refractivity (Wildman–Crippen MR) is 110 cm³/mol. The van der Waals surface area contributed by atoms with Gasteiger partial charge in [-0.3, -0.25) is 9.69 Å². The van der Waals surface area contributed by atoms with Crippen LogP contribution >= 0.6 is 25.3 Å². The van der Waals surface area contributed by atoms with Crippen molar-refractivity contribution in [1.29, 1.82) is 10.5 Å². The maximum atomic E-state index is 13.3. The van der Waals surface area contributed by atoms with E-state index in [1.54, 1.807) is 60.7 Å². The quantitative estimate of drug-likeness (QED) is 0.623. The molecule has 0 heterocycles. The van der Waals surface area contributed by atoms with Crippen molar-refractivity contribution in [3.05, 3.63) is 83.4 Å². The van der Waals surface area contributed by atoms with Crippen LogP contribution in [0.1, 0.15) is 21.5 Å². The molecule has 0 spiro atoms. The molecule has 4 nitrogen and oxygen atoms in total. The normalized spacial score (nSPS) is 9.93. The zero-order valence-electron chi connectivity index (χ0n) is 14.0. The molecule has 3 rings (SSSR count). The summed E-state index contributed by atoms with van der Waals surface area (Å²) in [7, 11) is 0. The zero-order chi connectivity index (χ0) is 19.4. The molecule has 0 N–H and O–H groups in total. The van der Waals surface area contributed by atoms with Crippen LogP contribution in [0.4, 0.5) is 11.4 Å². The van der Waals surface area contributed by atoms with Gasteiger partial charge in [-0.05, 0) is 48.5 Å². The first-order chi connectivity index (χ1) is 13.0. The molecule has 6 heteroatoms. The van der Waals surface area contributed by atoms with E-state index in [1.807, 2.05) is 6.07 Å². The Morgan fingerprint density at radius 2 is 1.26 bits per heavy atom. The zero-order valence-corrected chi connectivity index (χ0v) is 15.8. The molecule has 0 fully saturated rings. The molecule has 0 aromatic heterocycles. The van der Waals surface area contributed by atoms with Crippen LogP contribution in [0.3, 0.4) is 0 Å². The van der Waals surface area contributed by atoms with Crippen molar-refractivity contribution in [3.63, 3.8) is 0 Å². The number of thiol groups is 2. The second-order valence-electron chi connectivity index (χ2n) is 5.64. The monoisotopic (exact) mass is 387 g/mol. The van der Waals surface area contributed by atoms with Gasteiger partial charge in [-0.2, -0.15) is 10.5 Å². The highest BCUT2D eigenvalue weighted by Gasteiger charge is 2.24. The summed E-state index contributed by atoms with van der Waals surface area (Å²) >= 11 is 8.94. The molecule has 1 amide bonds. The lowest BCUT2D eigenvalue weighted by Gasteiger charge is -2.26. The Labute approximate surface area is 168 Å². The lowest BCUT2D eigenvalue weighted by molar-refractivity contribution is 0.0998. The number of carbonyl (C=O) groups excluding carboxylic acids is 1. The van der Waals surface area contributed by atoms with Gasteiger partial charge in [-0.1, -0.05) is 18.2 Å². The van der Waals surface area contributed by atoms with Crippen molar-refractivity contribution in [2.24, 2.45) is 0 Å². The van der Waals surface area contributed by atoms with E-state index in [1.165, 1.54) is 4.90 Å². The number of carbonyl (C=O) groups is 1. The van der Waals surface area contributed by atoms with E-state index in [4.69, 9.17) is 0 Å². The summed E-state index contributed by atoms with van der Waals surface area (Å²) in [6, 6.07) is 22.7. The van der Waals surface area contributed by atoms with Crippen LogP contribution < -0.4 is 4.90 Å². The van der Waals surface area contributed by atoms with Crippen molar-refractivity contribution in [2.75, 3.05) is 4.90 Å². The molecule has 0 unspecified atom stereocenters. The lowest BCUT2D eigenvalue weighted by atomic mass is 10.1. The van der Waals surface area contributed by atoms with E-state index >= 15 is 0 Å². The number of nitrogens with zero attached hydrogens (tertiary/aromatic N) is 3. The first-order valence-electron chi connectivity index (χ1n) is 7.91. The van der Waals surface area contributed by atoms with Crippen LogP contribution in [0.2, 0.25) is 0 Å². The Kier molecular flexibility index (Phi) is 5.52. The molecular weight excluding hydrogens is 374 g/mol. The average Bonchev–Trinajstić information content (AvgIpc) is 2.71. The van der Waals surface area contributed by atoms with E-state index in [-0.39, 0.29) is 5.91 Å². The fourth-order valence-corrected chi connectivity index (χ4v) is 3.08. The van der Waals surface area contributed by atoms with Gasteiger partial charge < -0.3 is 0 Å². The number of anilines is 2. The third-order valence-electron chi connectivity index (χ3n) is 3.91. The van der Waals surface area contributed by atoms with Crippen molar-refractivity contribution in [3.8, 4) is 12.1 Å². The molecule has 3 aromatic rings. The Bertz CT molecular complexity index is 1040. The number of rotatable bonds is 3. The van der Waals surface area contributed by atoms with Gasteiger partial charge in [0, 0.05) is 15.4 Å². The second kappa shape index (κ2) is 8.01. The predicted octanol–water partition coefficient (Wildman–Crippen LogP) is 4.99. The summed E-state index contributed by atoms with van der Waals surface area (Å²) < 4.78 is 0. The van der Waals surface area contributed by atoms with Crippen LogP contribution in [0, 0.1) is 22.7 Å². The summed E-state index contributed by atoms with van der Waals surface area (Å²) in [6.07, 6.45) is 0. The van der Waals surface area contributed by atoms with Crippen LogP contribution in [0.5, 0.6) is 0 Å². The van der Waals surface area contributed by atoms with E-state index < -0.39 is 0 Å². The van der Waals surface area contributed by atoms with E-state index in [2.05, 4.69) is 37.4 Å². The lowest BCUT2D eigenvalue weighted by Crippen LogP contribution is -2.27. The maximum absolute atomic E-state index is 13.3. The Balaban J connectivity index is 2.27. The third-order valence-corrected chi connectivity index (χ3v) is 4.67. The molecule has 0 aliphatic heterocycles. The van der Waals surface area contributed by atoms with Gasteiger partial charge in [-0.25, -0.2) is 0 Å². The van der Waals surface area contributed by atoms with Crippen molar-refractivity contribution < 1.29 is 4.79 Å². The van der Waals surface area contributed by atoms with Crippen molar-refractivity contribution in [1.82, 2.24) is 0 Å². The fraction of sp³-hybridized carbons (Fsp3) is 0. The van der Waals surface area contributed by atoms with Crippen molar-refractivity contribution in [2.45, 2.75) is 9.79 Å². The van der Waals surface area contributed by atoms with E-state index in [0.29, 0.717) is 37.9 Å². The first-order valence-corrected chi connectivity index (χ1v) is 8.80. The van der Waals surface area contributed by atoms with Gasteiger partial charge in [-0.15, -0.1) is 25.3 Å². The average molecular weight is 387 g/mol. The smallest absolute Gasteiger partial charge is 0.262 e. The van der Waals surface area contributed by atoms with Gasteiger partial charge in [0.05, 0.1) is 34.6 Å². The Hall–Kier alpha value is -3.19. The minimum Gasteiger partial charge on any atom is -0.275 e. The second-order valence-corrected chi connectivity index (χ2v) is 6.60. The van der Waals surface area contributed by atoms with Gasteiger partial charge >= 0.3 is 0 Å². The molecule has 0 aliphatic carbocycles. The van der Waals surface area contributed by atoms with Gasteiger partial charge in [0.2, 0.25) is 0 Å². The van der Waals surface area contributed by atoms with Crippen molar-refractivity contribution >= 4 is 42.5 Å². The van der Waals surface area contributed by atoms with Crippen LogP contribution in [-0.4, -0.2) is 5.91 Å². The number of hydrogen-bond acceptors (Lipinski definition) is 5. The Morgan fingerprint density at radius 1 is 0.778 bits per heavy atom. The topological polar surface area (TPSA) is 67.9 Å². The third kappa shape index (κ3) is 3.83. The largest absolute Gasteiger partial charge is 0.275 e. The summed E-state index contributed by atoms with van der Waals surface area (Å²) in [6.45, 7) is 0. The highest BCUT2D eigenvalue weighted by molar-refractivity contribution is 7.80. The number of nitriles is 2. The molecule has 27 heavy (non-hydrogen) atoms. The molecule has 0 atom stereocenters. The molecule has 130 valence electrons. The summed E-state index contributed by atoms with van der Waals surface area (Å²) in [4.78, 5) is 15.8. The van der Waals surface area contributed by atoms with E-state index in [0.717, 1.165) is 0 Å². The van der Waals surface area contributed by atoms with Crippen LogP contribution in [0.15, 0.2) is 76.5 Å². The highest BCUT2D eigenvalue weighted by Crippen LogP contribution is 2.37. The molecule has 0 bridgehead atoms. The fourth-order valence-electron chi connectivity index (χ4n) is 2.60. The molecule has 0 saturated carbocycles. The summed E-state index contributed by atoms with van der Waals surface area (Å²) in [5, 5.41) is 18.5. The number of benzene rings is 3. The molecule has 0 aliphatic rings. The highest BCUT2D eigenvalue weighted by atomic mass is 32.1. The summed E-state index contributed by atoms with van der Waals surface area (Å²) in [5.74, 6) is -0.314. The van der Waals surface area contributed by atoms with Gasteiger partial charge in [0.25, 0.3) is 5.91 Å². The SMILES string of the molecule is N#Cc1ccc(S)c(N(C(=O)c2ccccc2)c2cc(C#N)ccc2S)c1. The number of hydrogen-bond donors (Lipinski definition) is 2. The number of amides is 1. The van der Waals surface area contributed by atoms with Gasteiger partial charge in [0.15, 0.2) is 0 Å². The standard InChI is InChI=1S/C21H13N3OS2/c22-12-14-6-8-19(26)17(10-14)24(21(25)16-4-2-1-3-5-16)18-11-15(13-23)7-9-20(18)27/h1-11,26-27H. The molecular formula is C21H13N3OS2. The van der Waals surface area contributed by atoms with Crippen LogP contribution in [0.25, 0.3) is 0 Å². The summed E-state index contributed by atoms with van der Waals surface area (Å²) in [5.41, 5.74) is 2.13.